The summed E-state index contributed by atoms with van der Waals surface area (Å²) < 4.78 is 4.98. The fraction of sp³-hybridized carbons (Fsp3) is 0.200. The molecule has 0 radical (unpaired) electrons. The minimum absolute atomic E-state index is 0.177. The number of benzene rings is 1. The van der Waals surface area contributed by atoms with Gasteiger partial charge >= 0.3 is 17.8 Å². The first-order chi connectivity index (χ1) is 11.0. The Morgan fingerprint density at radius 1 is 1.17 bits per heavy atom. The largest absolute Gasteiger partial charge is 0.476 e. The number of nitrogens with zero attached hydrogens (tertiary/aromatic N) is 3. The van der Waals surface area contributed by atoms with Crippen LogP contribution >= 0.6 is 0 Å². The second-order valence-corrected chi connectivity index (χ2v) is 5.11. The molecule has 0 saturated carbocycles. The fourth-order valence-corrected chi connectivity index (χ4v) is 2.30. The molecule has 1 fully saturated rings. The molecule has 2 heterocycles. The summed E-state index contributed by atoms with van der Waals surface area (Å²) in [6, 6.07) is 8.03. The van der Waals surface area contributed by atoms with E-state index in [2.05, 4.69) is 5.16 Å². The zero-order valence-electron chi connectivity index (χ0n) is 12.2. The van der Waals surface area contributed by atoms with E-state index in [1.54, 1.807) is 31.3 Å². The van der Waals surface area contributed by atoms with Gasteiger partial charge in [-0.05, 0) is 24.3 Å². The van der Waals surface area contributed by atoms with E-state index in [0.29, 0.717) is 30.1 Å². The number of carbonyl (C=O) groups excluding carboxylic acids is 2. The molecule has 118 valence electrons. The maximum absolute atomic E-state index is 12.0. The first-order valence-corrected chi connectivity index (χ1v) is 6.85. The lowest BCUT2D eigenvalue weighted by Gasteiger charge is -2.31. The monoisotopic (exact) mass is 315 g/mol. The molecule has 1 saturated heterocycles. The molecule has 3 rings (SSSR count). The number of anilines is 1. The van der Waals surface area contributed by atoms with Gasteiger partial charge in [0.25, 0.3) is 0 Å². The van der Waals surface area contributed by atoms with Gasteiger partial charge in [0, 0.05) is 37.5 Å². The van der Waals surface area contributed by atoms with E-state index in [0.717, 1.165) is 0 Å². The Kier molecular flexibility index (Phi) is 3.57. The van der Waals surface area contributed by atoms with Crippen molar-refractivity contribution in [1.29, 1.82) is 0 Å². The van der Waals surface area contributed by atoms with Gasteiger partial charge in [-0.2, -0.15) is 0 Å². The molecule has 1 aromatic heterocycles. The van der Waals surface area contributed by atoms with Crippen molar-refractivity contribution in [2.45, 2.75) is 0 Å². The van der Waals surface area contributed by atoms with Crippen LogP contribution in [-0.4, -0.2) is 53.1 Å². The third-order valence-corrected chi connectivity index (χ3v) is 3.63. The molecule has 2 amide bonds. The number of carboxylic acid groups (broad SMARTS) is 1. The lowest BCUT2D eigenvalue weighted by Crippen LogP contribution is -2.52. The third kappa shape index (κ3) is 2.66. The summed E-state index contributed by atoms with van der Waals surface area (Å²) in [5, 5.41) is 12.3. The maximum Gasteiger partial charge on any atom is 0.358 e. The molecule has 0 unspecified atom stereocenters. The van der Waals surface area contributed by atoms with Gasteiger partial charge in [-0.15, -0.1) is 0 Å². The van der Waals surface area contributed by atoms with Crippen molar-refractivity contribution in [3.63, 3.8) is 0 Å². The molecule has 0 aliphatic carbocycles. The number of carbonyl (C=O) groups is 3. The summed E-state index contributed by atoms with van der Waals surface area (Å²) in [4.78, 5) is 37.3. The first kappa shape index (κ1) is 14.8. The van der Waals surface area contributed by atoms with Gasteiger partial charge in [0.1, 0.15) is 0 Å². The fourth-order valence-electron chi connectivity index (χ4n) is 2.30. The zero-order valence-corrected chi connectivity index (χ0v) is 12.2. The minimum Gasteiger partial charge on any atom is -0.476 e. The summed E-state index contributed by atoms with van der Waals surface area (Å²) in [5.74, 6) is -1.96. The predicted molar refractivity (Wildman–Crippen MR) is 78.9 cm³/mol. The molecule has 2 aromatic rings. The van der Waals surface area contributed by atoms with Crippen LogP contribution in [0.2, 0.25) is 0 Å². The summed E-state index contributed by atoms with van der Waals surface area (Å²) in [6.45, 7) is 0.891. The number of piperazine rings is 1. The minimum atomic E-state index is -1.17. The van der Waals surface area contributed by atoms with Gasteiger partial charge in [-0.3, -0.25) is 9.59 Å². The predicted octanol–water partition coefficient (Wildman–Crippen LogP) is 0.845. The van der Waals surface area contributed by atoms with Crippen LogP contribution in [0.4, 0.5) is 5.69 Å². The van der Waals surface area contributed by atoms with Crippen LogP contribution in [-0.2, 0) is 9.59 Å². The summed E-state index contributed by atoms with van der Waals surface area (Å²) in [7, 11) is 1.59. The number of aromatic carboxylic acids is 1. The molecule has 1 N–H and O–H groups in total. The highest BCUT2D eigenvalue weighted by atomic mass is 16.5. The average molecular weight is 315 g/mol. The van der Waals surface area contributed by atoms with Crippen LogP contribution in [0.5, 0.6) is 0 Å². The molecule has 8 nitrogen and oxygen atoms in total. The molecule has 0 bridgehead atoms. The number of hydrogen-bond donors (Lipinski definition) is 1. The van der Waals surface area contributed by atoms with Crippen molar-refractivity contribution in [3.05, 3.63) is 36.0 Å². The smallest absolute Gasteiger partial charge is 0.358 e. The lowest BCUT2D eigenvalue weighted by molar-refractivity contribution is -0.145. The SMILES string of the molecule is CN1CCN(c2ccc(-c3cc(C(=O)O)no3)cc2)C(=O)C1=O. The van der Waals surface area contributed by atoms with Gasteiger partial charge in [0.05, 0.1) is 0 Å². The maximum atomic E-state index is 12.0. The van der Waals surface area contributed by atoms with E-state index in [1.807, 2.05) is 0 Å². The molecule has 1 aromatic carbocycles. The van der Waals surface area contributed by atoms with E-state index in [9.17, 15) is 14.4 Å². The van der Waals surface area contributed by atoms with Crippen LogP contribution in [0.25, 0.3) is 11.3 Å². The Morgan fingerprint density at radius 3 is 2.48 bits per heavy atom. The van der Waals surface area contributed by atoms with Crippen LogP contribution < -0.4 is 4.90 Å². The molecule has 0 atom stereocenters. The molecular formula is C15H13N3O5. The zero-order chi connectivity index (χ0) is 16.6. The van der Waals surface area contributed by atoms with E-state index in [1.165, 1.54) is 15.9 Å². The average Bonchev–Trinajstić information content (AvgIpc) is 3.03. The molecule has 1 aliphatic heterocycles. The topological polar surface area (TPSA) is 104 Å². The highest BCUT2D eigenvalue weighted by Gasteiger charge is 2.31. The Bertz CT molecular complexity index is 781. The van der Waals surface area contributed by atoms with E-state index >= 15 is 0 Å². The molecule has 1 aliphatic rings. The number of likely N-dealkylation sites (N-methyl/N-ethyl adjacent to an activating group) is 1. The van der Waals surface area contributed by atoms with Crippen LogP contribution in [0.15, 0.2) is 34.9 Å². The van der Waals surface area contributed by atoms with E-state index < -0.39 is 17.8 Å². The Labute approximate surface area is 130 Å². The van der Waals surface area contributed by atoms with Crippen molar-refractivity contribution in [3.8, 4) is 11.3 Å². The quantitative estimate of drug-likeness (QED) is 0.842. The molecule has 8 heteroatoms. The van der Waals surface area contributed by atoms with Crippen LogP contribution in [0.3, 0.4) is 0 Å². The highest BCUT2D eigenvalue weighted by Crippen LogP contribution is 2.25. The first-order valence-electron chi connectivity index (χ1n) is 6.85. The van der Waals surface area contributed by atoms with Gasteiger partial charge in [-0.25, -0.2) is 4.79 Å². The van der Waals surface area contributed by atoms with Gasteiger partial charge < -0.3 is 19.4 Å². The number of carboxylic acids is 1. The van der Waals surface area contributed by atoms with Crippen LogP contribution in [0.1, 0.15) is 10.5 Å². The Hall–Kier alpha value is -3.16. The standard InChI is InChI=1S/C15H13N3O5/c1-17-6-7-18(14(20)13(17)19)10-4-2-9(3-5-10)12-8-11(15(21)22)16-23-12/h2-5,8H,6-7H2,1H3,(H,21,22). The number of amides is 2. The molecule has 0 spiro atoms. The Morgan fingerprint density at radius 2 is 1.87 bits per heavy atom. The van der Waals surface area contributed by atoms with Crippen molar-refractivity contribution in [1.82, 2.24) is 10.1 Å². The summed E-state index contributed by atoms with van der Waals surface area (Å²) in [5.41, 5.74) is 1.05. The van der Waals surface area contributed by atoms with Crippen molar-refractivity contribution in [2.24, 2.45) is 0 Å². The van der Waals surface area contributed by atoms with Crippen molar-refractivity contribution < 1.29 is 24.0 Å². The molecule has 23 heavy (non-hydrogen) atoms. The van der Waals surface area contributed by atoms with Crippen molar-refractivity contribution in [2.75, 3.05) is 25.0 Å². The normalized spacial score (nSPS) is 15.2. The van der Waals surface area contributed by atoms with Gasteiger partial charge in [0.15, 0.2) is 11.5 Å². The summed E-state index contributed by atoms with van der Waals surface area (Å²) >= 11 is 0. The third-order valence-electron chi connectivity index (χ3n) is 3.63. The second-order valence-electron chi connectivity index (χ2n) is 5.11. The van der Waals surface area contributed by atoms with E-state index in [-0.39, 0.29) is 5.69 Å². The van der Waals surface area contributed by atoms with Gasteiger partial charge in [-0.1, -0.05) is 5.16 Å². The van der Waals surface area contributed by atoms with Crippen LogP contribution in [0, 0.1) is 0 Å². The van der Waals surface area contributed by atoms with E-state index in [4.69, 9.17) is 9.63 Å². The number of aromatic nitrogens is 1. The lowest BCUT2D eigenvalue weighted by atomic mass is 10.1. The molecular weight excluding hydrogens is 302 g/mol. The second kappa shape index (κ2) is 5.56. The van der Waals surface area contributed by atoms with Gasteiger partial charge in [0.2, 0.25) is 0 Å². The summed E-state index contributed by atoms with van der Waals surface area (Å²) in [6.07, 6.45) is 0. The number of rotatable bonds is 3. The van der Waals surface area contributed by atoms with Crippen molar-refractivity contribution >= 4 is 23.5 Å². The Balaban J connectivity index is 1.83. The highest BCUT2D eigenvalue weighted by molar-refractivity contribution is 6.40. The number of hydrogen-bond acceptors (Lipinski definition) is 5.